The summed E-state index contributed by atoms with van der Waals surface area (Å²) in [6.07, 6.45) is 9.59. The van der Waals surface area contributed by atoms with Crippen LogP contribution in [0.25, 0.3) is 0 Å². The molecule has 0 aliphatic rings. The van der Waals surface area contributed by atoms with Crippen molar-refractivity contribution < 1.29 is 20.4 Å². The van der Waals surface area contributed by atoms with Gasteiger partial charge in [0, 0.05) is 58.7 Å². The van der Waals surface area contributed by atoms with Crippen LogP contribution in [-0.4, -0.2) is 87.2 Å². The van der Waals surface area contributed by atoms with E-state index in [1.165, 1.54) is 98.2 Å². The van der Waals surface area contributed by atoms with E-state index < -0.39 is 40.4 Å². The van der Waals surface area contributed by atoms with Crippen LogP contribution in [0.3, 0.4) is 0 Å². The minimum Gasteiger partial charge on any atom is -0.396 e. The molecule has 0 atom stereocenters. The van der Waals surface area contributed by atoms with Gasteiger partial charge in [-0.25, -0.2) is 0 Å². The van der Waals surface area contributed by atoms with Crippen molar-refractivity contribution in [3.63, 3.8) is 0 Å². The molecule has 0 aromatic carbocycles. The largest absolute Gasteiger partial charge is 0.396 e. The molecule has 0 aromatic rings. The molecule has 0 heterocycles. The molecule has 0 aliphatic heterocycles. The van der Waals surface area contributed by atoms with Gasteiger partial charge in [0.2, 0.25) is 0 Å². The van der Waals surface area contributed by atoms with Crippen LogP contribution in [0.15, 0.2) is 0 Å². The maximum Gasteiger partial charge on any atom is 0.0535 e. The summed E-state index contributed by atoms with van der Waals surface area (Å²) >= 11 is 0. The Bertz CT molecular complexity index is 534. The van der Waals surface area contributed by atoms with Gasteiger partial charge in [0.1, 0.15) is 0 Å². The summed E-state index contributed by atoms with van der Waals surface area (Å²) < 4.78 is 0. The van der Waals surface area contributed by atoms with Gasteiger partial charge in [0.15, 0.2) is 0 Å². The fourth-order valence-corrected chi connectivity index (χ4v) is 23.9. The molecule has 0 radical (unpaired) electrons. The summed E-state index contributed by atoms with van der Waals surface area (Å²) in [5, 5.41) is 37.7. The van der Waals surface area contributed by atoms with Gasteiger partial charge in [0.25, 0.3) is 0 Å². The van der Waals surface area contributed by atoms with Gasteiger partial charge in [-0.3, -0.25) is 0 Å². The van der Waals surface area contributed by atoms with Gasteiger partial charge in [-0.15, -0.1) is 0 Å². The zero-order chi connectivity index (χ0) is 31.5. The predicted octanol–water partition coefficient (Wildman–Crippen LogP) is 9.36. The van der Waals surface area contributed by atoms with Crippen LogP contribution < -0.4 is 0 Å². The van der Waals surface area contributed by atoms with Crippen molar-refractivity contribution in [3.05, 3.63) is 0 Å². The number of aliphatic hydroxyl groups is 4. The average molecular weight is 665 g/mol. The van der Waals surface area contributed by atoms with Crippen LogP contribution in [-0.2, 0) is 0 Å². The Balaban J connectivity index is 5.76. The Morgan fingerprint density at radius 2 is 0.439 bits per heavy atom. The maximum atomic E-state index is 9.43. The second-order valence-electron chi connectivity index (χ2n) is 16.9. The standard InChI is InChI=1S/C32H76O4Si5/c1-37(2,21-9-17-33)25-13-29-41(30-14-26-38(3,4)22-10-18-34,31-15-27-39(5,6)23-11-19-35)32-16-28-40(7,8)24-12-20-36/h33-36H,9-32H2,1-8H3. The maximum absolute atomic E-state index is 9.43. The highest BCUT2D eigenvalue weighted by molar-refractivity contribution is 6.82. The van der Waals surface area contributed by atoms with E-state index >= 15 is 0 Å². The minimum atomic E-state index is -1.43. The lowest BCUT2D eigenvalue weighted by atomic mass is 10.5. The quantitative estimate of drug-likeness (QED) is 0.0629. The van der Waals surface area contributed by atoms with E-state index in [2.05, 4.69) is 52.4 Å². The highest BCUT2D eigenvalue weighted by atomic mass is 28.3. The smallest absolute Gasteiger partial charge is 0.0535 e. The van der Waals surface area contributed by atoms with E-state index in [0.29, 0.717) is 26.4 Å². The molecule has 0 unspecified atom stereocenters. The normalized spacial score (nSPS) is 13.8. The second-order valence-corrected chi connectivity index (χ2v) is 43.2. The first kappa shape index (κ1) is 41.9. The zero-order valence-corrected chi connectivity index (χ0v) is 34.3. The Hall–Kier alpha value is 0.924. The molecule has 0 spiro atoms. The van der Waals surface area contributed by atoms with Gasteiger partial charge < -0.3 is 20.4 Å². The van der Waals surface area contributed by atoms with E-state index in [0.717, 1.165) is 25.7 Å². The molecule has 4 nitrogen and oxygen atoms in total. The average Bonchev–Trinajstić information content (AvgIpc) is 2.88. The highest BCUT2D eigenvalue weighted by Crippen LogP contribution is 2.38. The molecule has 0 fully saturated rings. The lowest BCUT2D eigenvalue weighted by molar-refractivity contribution is 0.294. The van der Waals surface area contributed by atoms with Crippen LogP contribution in [0, 0.1) is 0 Å². The summed E-state index contributed by atoms with van der Waals surface area (Å²) in [7, 11) is -6.39. The van der Waals surface area contributed by atoms with Crippen molar-refractivity contribution in [3.8, 4) is 0 Å². The number of hydrogen-bond donors (Lipinski definition) is 4. The first-order chi connectivity index (χ1) is 19.1. The Morgan fingerprint density at radius 1 is 0.268 bits per heavy atom. The Labute approximate surface area is 262 Å². The van der Waals surface area contributed by atoms with E-state index in [-0.39, 0.29) is 0 Å². The SMILES string of the molecule is C[Si](C)(CCCO)CCC[Si](CCC[Si](C)(C)CCCO)(CCC[Si](C)(C)CCCO)CCC[Si](C)(C)CCCO. The first-order valence-electron chi connectivity index (χ1n) is 17.5. The summed E-state index contributed by atoms with van der Waals surface area (Å²) in [6.45, 7) is 21.8. The molecule has 248 valence electrons. The predicted molar refractivity (Wildman–Crippen MR) is 199 cm³/mol. The van der Waals surface area contributed by atoms with Gasteiger partial charge in [-0.2, -0.15) is 0 Å². The summed E-state index contributed by atoms with van der Waals surface area (Å²) in [6, 6.07) is 16.8. The van der Waals surface area contributed by atoms with Crippen LogP contribution >= 0.6 is 0 Å². The third kappa shape index (κ3) is 22.1. The van der Waals surface area contributed by atoms with Crippen LogP contribution in [0.4, 0.5) is 0 Å². The van der Waals surface area contributed by atoms with Crippen molar-refractivity contribution >= 4 is 40.4 Å². The molecule has 0 saturated carbocycles. The van der Waals surface area contributed by atoms with Gasteiger partial charge >= 0.3 is 0 Å². The monoisotopic (exact) mass is 664 g/mol. The summed E-state index contributed by atoms with van der Waals surface area (Å²) in [5.74, 6) is 0. The zero-order valence-electron chi connectivity index (χ0n) is 29.3. The fraction of sp³-hybridized carbons (Fsp3) is 1.00. The molecule has 0 bridgehead atoms. The number of hydrogen-bond acceptors (Lipinski definition) is 4. The highest BCUT2D eigenvalue weighted by Gasteiger charge is 2.35. The summed E-state index contributed by atoms with van der Waals surface area (Å²) in [4.78, 5) is 0. The van der Waals surface area contributed by atoms with Crippen molar-refractivity contribution in [1.82, 2.24) is 0 Å². The van der Waals surface area contributed by atoms with E-state index in [1.54, 1.807) is 0 Å². The lowest BCUT2D eigenvalue weighted by Crippen LogP contribution is -2.37. The minimum absolute atomic E-state index is 0.344. The molecule has 0 aromatic heterocycles. The molecule has 41 heavy (non-hydrogen) atoms. The van der Waals surface area contributed by atoms with Crippen molar-refractivity contribution in [2.45, 2.75) is 176 Å². The van der Waals surface area contributed by atoms with E-state index in [1.807, 2.05) is 0 Å². The molecule has 0 amide bonds. The molecule has 4 N–H and O–H groups in total. The van der Waals surface area contributed by atoms with Gasteiger partial charge in [-0.1, -0.05) is 151 Å². The molecule has 0 saturated heterocycles. The molecule has 0 aliphatic carbocycles. The third-order valence-electron chi connectivity index (χ3n) is 10.3. The van der Waals surface area contributed by atoms with E-state index in [4.69, 9.17) is 0 Å². The van der Waals surface area contributed by atoms with Crippen LogP contribution in [0.1, 0.15) is 51.4 Å². The van der Waals surface area contributed by atoms with Crippen molar-refractivity contribution in [2.75, 3.05) is 26.4 Å². The Morgan fingerprint density at radius 3 is 0.610 bits per heavy atom. The Kier molecular flexibility index (Phi) is 22.1. The van der Waals surface area contributed by atoms with Gasteiger partial charge in [0.05, 0.1) is 8.07 Å². The molecular weight excluding hydrogens is 589 g/mol. The third-order valence-corrected chi connectivity index (χ3v) is 29.6. The number of aliphatic hydroxyl groups excluding tert-OH is 4. The molecular formula is C32H76O4Si5. The second kappa shape index (κ2) is 21.6. The first-order valence-corrected chi connectivity index (χ1v) is 34.0. The van der Waals surface area contributed by atoms with Crippen molar-refractivity contribution in [1.29, 1.82) is 0 Å². The van der Waals surface area contributed by atoms with Crippen molar-refractivity contribution in [2.24, 2.45) is 0 Å². The number of rotatable bonds is 28. The van der Waals surface area contributed by atoms with E-state index in [9.17, 15) is 20.4 Å². The topological polar surface area (TPSA) is 80.9 Å². The lowest BCUT2D eigenvalue weighted by Gasteiger charge is -2.36. The van der Waals surface area contributed by atoms with Gasteiger partial charge in [-0.05, 0) is 25.7 Å². The molecule has 9 heteroatoms. The van der Waals surface area contributed by atoms with Crippen LogP contribution in [0.5, 0.6) is 0 Å². The van der Waals surface area contributed by atoms with Crippen LogP contribution in [0.2, 0.25) is 125 Å². The fourth-order valence-electron chi connectivity index (χ4n) is 7.25. The molecule has 0 rings (SSSR count). The summed E-state index contributed by atoms with van der Waals surface area (Å²) in [5.41, 5.74) is 0.